The molecule has 0 amide bonds. The molecule has 4 nitrogen and oxygen atoms in total. The molecule has 2 fully saturated rings. The number of rotatable bonds is 4. The Morgan fingerprint density at radius 2 is 2.00 bits per heavy atom. The summed E-state index contributed by atoms with van der Waals surface area (Å²) in [6, 6.07) is 0. The lowest BCUT2D eigenvalue weighted by Gasteiger charge is -2.12. The standard InChI is InChI=1S/C13H22N4/c1-8(2)7-17-11(6-14)15-16-13(17)12-9-4-3-5-10(9)12/h8-10,12H,3-7,14H2,1-2H3. The third-order valence-corrected chi connectivity index (χ3v) is 4.29. The maximum Gasteiger partial charge on any atom is 0.146 e. The maximum absolute atomic E-state index is 5.75. The van der Waals surface area contributed by atoms with Crippen LogP contribution in [0, 0.1) is 17.8 Å². The van der Waals surface area contributed by atoms with Crippen molar-refractivity contribution in [3.05, 3.63) is 11.6 Å². The van der Waals surface area contributed by atoms with E-state index in [9.17, 15) is 0 Å². The van der Waals surface area contributed by atoms with Gasteiger partial charge in [0, 0.05) is 12.5 Å². The van der Waals surface area contributed by atoms with E-state index >= 15 is 0 Å². The van der Waals surface area contributed by atoms with Crippen LogP contribution in [0.25, 0.3) is 0 Å². The molecule has 4 heteroatoms. The van der Waals surface area contributed by atoms with Crippen molar-refractivity contribution in [2.45, 2.75) is 52.1 Å². The SMILES string of the molecule is CC(C)Cn1c(CN)nnc1C1C2CCCC21. The molecule has 2 N–H and O–H groups in total. The first-order valence-electron chi connectivity index (χ1n) is 6.84. The van der Waals surface area contributed by atoms with Crippen molar-refractivity contribution in [2.24, 2.45) is 23.5 Å². The summed E-state index contributed by atoms with van der Waals surface area (Å²) in [7, 11) is 0. The van der Waals surface area contributed by atoms with Crippen molar-refractivity contribution in [1.29, 1.82) is 0 Å². The van der Waals surface area contributed by atoms with E-state index in [-0.39, 0.29) is 0 Å². The predicted octanol–water partition coefficient (Wildman–Crippen LogP) is 1.91. The zero-order chi connectivity index (χ0) is 12.0. The number of hydrogen-bond acceptors (Lipinski definition) is 3. The monoisotopic (exact) mass is 234 g/mol. The fraction of sp³-hybridized carbons (Fsp3) is 0.846. The molecule has 0 spiro atoms. The lowest BCUT2D eigenvalue weighted by atomic mass is 10.1. The second-order valence-electron chi connectivity index (χ2n) is 5.97. The summed E-state index contributed by atoms with van der Waals surface area (Å²) >= 11 is 0. The van der Waals surface area contributed by atoms with Gasteiger partial charge in [-0.05, 0) is 30.6 Å². The molecule has 0 bridgehead atoms. The van der Waals surface area contributed by atoms with Crippen LogP contribution in [0.5, 0.6) is 0 Å². The molecule has 2 atom stereocenters. The van der Waals surface area contributed by atoms with Crippen LogP contribution in [0.2, 0.25) is 0 Å². The van der Waals surface area contributed by atoms with Crippen LogP contribution in [0.1, 0.15) is 50.7 Å². The van der Waals surface area contributed by atoms with Crippen molar-refractivity contribution in [2.75, 3.05) is 0 Å². The highest BCUT2D eigenvalue weighted by Crippen LogP contribution is 2.62. The minimum atomic E-state index is 0.502. The first-order chi connectivity index (χ1) is 8.22. The average Bonchev–Trinajstić information content (AvgIpc) is 2.68. The molecule has 2 aliphatic rings. The molecule has 1 aromatic heterocycles. The molecular weight excluding hydrogens is 212 g/mol. The average molecular weight is 234 g/mol. The number of nitrogens with two attached hydrogens (primary N) is 1. The van der Waals surface area contributed by atoms with Crippen LogP contribution in [0.4, 0.5) is 0 Å². The van der Waals surface area contributed by atoms with Crippen LogP contribution in [-0.4, -0.2) is 14.8 Å². The van der Waals surface area contributed by atoms with E-state index in [2.05, 4.69) is 28.6 Å². The van der Waals surface area contributed by atoms with Gasteiger partial charge in [-0.1, -0.05) is 20.3 Å². The number of fused-ring (bicyclic) bond motifs is 1. The Labute approximate surface area is 103 Å². The van der Waals surface area contributed by atoms with E-state index in [4.69, 9.17) is 5.73 Å². The highest BCUT2D eigenvalue weighted by Gasteiger charge is 2.55. The smallest absolute Gasteiger partial charge is 0.146 e. The Bertz CT molecular complexity index is 400. The zero-order valence-electron chi connectivity index (χ0n) is 10.8. The van der Waals surface area contributed by atoms with Gasteiger partial charge in [0.25, 0.3) is 0 Å². The van der Waals surface area contributed by atoms with Crippen LogP contribution >= 0.6 is 0 Å². The molecule has 1 heterocycles. The molecule has 0 saturated heterocycles. The van der Waals surface area contributed by atoms with Crippen molar-refractivity contribution in [3.8, 4) is 0 Å². The molecule has 2 saturated carbocycles. The van der Waals surface area contributed by atoms with Gasteiger partial charge in [-0.25, -0.2) is 0 Å². The predicted molar refractivity (Wildman–Crippen MR) is 66.3 cm³/mol. The molecule has 0 aliphatic heterocycles. The first-order valence-corrected chi connectivity index (χ1v) is 6.84. The van der Waals surface area contributed by atoms with Gasteiger partial charge < -0.3 is 10.3 Å². The van der Waals surface area contributed by atoms with Crippen molar-refractivity contribution < 1.29 is 0 Å². The van der Waals surface area contributed by atoms with Crippen LogP contribution < -0.4 is 5.73 Å². The minimum absolute atomic E-state index is 0.502. The van der Waals surface area contributed by atoms with E-state index in [1.807, 2.05) is 0 Å². The summed E-state index contributed by atoms with van der Waals surface area (Å²) in [5.41, 5.74) is 5.75. The largest absolute Gasteiger partial charge is 0.324 e. The van der Waals surface area contributed by atoms with Gasteiger partial charge in [0.1, 0.15) is 11.6 Å². The van der Waals surface area contributed by atoms with Gasteiger partial charge >= 0.3 is 0 Å². The maximum atomic E-state index is 5.75. The number of nitrogens with zero attached hydrogens (tertiary/aromatic N) is 3. The van der Waals surface area contributed by atoms with Gasteiger partial charge in [0.15, 0.2) is 0 Å². The Hall–Kier alpha value is -0.900. The Balaban J connectivity index is 1.86. The van der Waals surface area contributed by atoms with E-state index in [0.717, 1.165) is 24.2 Å². The third kappa shape index (κ3) is 1.79. The lowest BCUT2D eigenvalue weighted by Crippen LogP contribution is -2.14. The highest BCUT2D eigenvalue weighted by molar-refractivity contribution is 5.19. The molecule has 3 rings (SSSR count). The van der Waals surface area contributed by atoms with Crippen molar-refractivity contribution >= 4 is 0 Å². The Morgan fingerprint density at radius 1 is 1.29 bits per heavy atom. The molecule has 94 valence electrons. The van der Waals surface area contributed by atoms with E-state index in [1.165, 1.54) is 25.1 Å². The van der Waals surface area contributed by atoms with Gasteiger partial charge in [-0.3, -0.25) is 0 Å². The second-order valence-corrected chi connectivity index (χ2v) is 5.97. The zero-order valence-corrected chi connectivity index (χ0v) is 10.8. The van der Waals surface area contributed by atoms with Gasteiger partial charge in [0.2, 0.25) is 0 Å². The van der Waals surface area contributed by atoms with E-state index in [1.54, 1.807) is 0 Å². The van der Waals surface area contributed by atoms with E-state index in [0.29, 0.717) is 18.4 Å². The fourth-order valence-corrected chi connectivity index (χ4v) is 3.52. The van der Waals surface area contributed by atoms with E-state index < -0.39 is 0 Å². The summed E-state index contributed by atoms with van der Waals surface area (Å²) < 4.78 is 2.29. The summed E-state index contributed by atoms with van der Waals surface area (Å²) in [6.45, 7) is 5.97. The fourth-order valence-electron chi connectivity index (χ4n) is 3.52. The molecule has 0 aromatic carbocycles. The van der Waals surface area contributed by atoms with Crippen molar-refractivity contribution in [3.63, 3.8) is 0 Å². The quantitative estimate of drug-likeness (QED) is 0.865. The lowest BCUT2D eigenvalue weighted by molar-refractivity contribution is 0.483. The summed E-state index contributed by atoms with van der Waals surface area (Å²) in [6.07, 6.45) is 4.19. The van der Waals surface area contributed by atoms with Crippen LogP contribution in [0.15, 0.2) is 0 Å². The summed E-state index contributed by atoms with van der Waals surface area (Å²) in [5, 5.41) is 8.68. The number of aromatic nitrogens is 3. The molecule has 2 aliphatic carbocycles. The second kappa shape index (κ2) is 4.09. The normalized spacial score (nSPS) is 30.9. The Morgan fingerprint density at radius 3 is 2.59 bits per heavy atom. The summed E-state index contributed by atoms with van der Waals surface area (Å²) in [4.78, 5) is 0. The molecule has 0 radical (unpaired) electrons. The van der Waals surface area contributed by atoms with Gasteiger partial charge in [-0.15, -0.1) is 10.2 Å². The van der Waals surface area contributed by atoms with Gasteiger partial charge in [-0.2, -0.15) is 0 Å². The minimum Gasteiger partial charge on any atom is -0.324 e. The summed E-state index contributed by atoms with van der Waals surface area (Å²) in [5.74, 6) is 5.28. The third-order valence-electron chi connectivity index (χ3n) is 4.29. The molecule has 1 aromatic rings. The molecule has 2 unspecified atom stereocenters. The Kier molecular flexibility index (Phi) is 2.69. The van der Waals surface area contributed by atoms with Gasteiger partial charge in [0.05, 0.1) is 6.54 Å². The van der Waals surface area contributed by atoms with Crippen molar-refractivity contribution in [1.82, 2.24) is 14.8 Å². The number of hydrogen-bond donors (Lipinski definition) is 1. The van der Waals surface area contributed by atoms with Crippen LogP contribution in [0.3, 0.4) is 0 Å². The highest BCUT2D eigenvalue weighted by atomic mass is 15.3. The molecule has 17 heavy (non-hydrogen) atoms. The molecular formula is C13H22N4. The van der Waals surface area contributed by atoms with Crippen LogP contribution in [-0.2, 0) is 13.1 Å². The topological polar surface area (TPSA) is 56.7 Å². The first kappa shape index (κ1) is 11.2.